The Labute approximate surface area is 276 Å². The molecule has 0 aromatic rings. The number of carbonyl (C=O) groups is 4. The van der Waals surface area contributed by atoms with Gasteiger partial charge in [-0.2, -0.15) is 0 Å². The topological polar surface area (TPSA) is 142 Å². The van der Waals surface area contributed by atoms with Gasteiger partial charge in [-0.15, -0.1) is 0 Å². The molecule has 0 aliphatic heterocycles. The molecule has 0 bridgehead atoms. The normalized spacial score (nSPS) is 13.5. The number of amides is 2. The van der Waals surface area contributed by atoms with Crippen molar-refractivity contribution in [3.63, 3.8) is 0 Å². The molecule has 2 atom stereocenters. The SMILES string of the molecule is CC/C=C\C/C=C\C/C=C\C/C=C\CCC(=O)OC(/C=C\C/C=C\CCC)CCCCCCC(=O)NCC(=O)NC(CO)C(=O)O. The highest BCUT2D eigenvalue weighted by Gasteiger charge is 2.18. The second-order valence-corrected chi connectivity index (χ2v) is 10.9. The summed E-state index contributed by atoms with van der Waals surface area (Å²) in [4.78, 5) is 47.1. The predicted molar refractivity (Wildman–Crippen MR) is 185 cm³/mol. The minimum absolute atomic E-state index is 0.215. The molecule has 46 heavy (non-hydrogen) atoms. The molecule has 0 aliphatic rings. The Morgan fingerprint density at radius 1 is 0.696 bits per heavy atom. The van der Waals surface area contributed by atoms with Gasteiger partial charge in [-0.3, -0.25) is 14.4 Å². The van der Waals surface area contributed by atoms with Crippen LogP contribution in [-0.4, -0.2) is 59.3 Å². The van der Waals surface area contributed by atoms with Gasteiger partial charge in [0.05, 0.1) is 13.2 Å². The fraction of sp³-hybridized carbons (Fsp3) is 0.568. The number of hydrogen-bond donors (Lipinski definition) is 4. The number of aliphatic hydroxyl groups is 1. The van der Waals surface area contributed by atoms with Gasteiger partial charge in [0, 0.05) is 12.8 Å². The van der Waals surface area contributed by atoms with Gasteiger partial charge in [-0.25, -0.2) is 4.79 Å². The summed E-state index contributed by atoms with van der Waals surface area (Å²) in [5.74, 6) is -2.54. The molecule has 9 heteroatoms. The zero-order valence-corrected chi connectivity index (χ0v) is 28.0. The largest absolute Gasteiger partial charge is 0.480 e. The average molecular weight is 643 g/mol. The molecule has 0 fully saturated rings. The van der Waals surface area contributed by atoms with Gasteiger partial charge in [0.2, 0.25) is 11.8 Å². The van der Waals surface area contributed by atoms with Gasteiger partial charge in [0.15, 0.2) is 0 Å². The van der Waals surface area contributed by atoms with Crippen LogP contribution >= 0.6 is 0 Å². The maximum absolute atomic E-state index is 12.5. The highest BCUT2D eigenvalue weighted by atomic mass is 16.5. The van der Waals surface area contributed by atoms with Crippen LogP contribution in [0.1, 0.15) is 110 Å². The quantitative estimate of drug-likeness (QED) is 0.0418. The van der Waals surface area contributed by atoms with E-state index in [1.807, 2.05) is 18.2 Å². The zero-order chi connectivity index (χ0) is 34.1. The summed E-state index contributed by atoms with van der Waals surface area (Å²) in [5.41, 5.74) is 0. The van der Waals surface area contributed by atoms with Crippen LogP contribution in [0.2, 0.25) is 0 Å². The molecule has 0 aromatic carbocycles. The second kappa shape index (κ2) is 31.3. The summed E-state index contributed by atoms with van der Waals surface area (Å²) in [6, 6.07) is -1.40. The molecule has 0 aromatic heterocycles. The summed E-state index contributed by atoms with van der Waals surface area (Å²) in [6.07, 6.45) is 36.8. The fourth-order valence-corrected chi connectivity index (χ4v) is 4.09. The van der Waals surface area contributed by atoms with Crippen molar-refractivity contribution in [1.82, 2.24) is 10.6 Å². The van der Waals surface area contributed by atoms with Gasteiger partial charge < -0.3 is 25.6 Å². The third kappa shape index (κ3) is 27.8. The lowest BCUT2D eigenvalue weighted by molar-refractivity contribution is -0.147. The van der Waals surface area contributed by atoms with Crippen LogP contribution in [0.25, 0.3) is 0 Å². The number of nitrogens with one attached hydrogen (secondary N) is 2. The first-order valence-electron chi connectivity index (χ1n) is 16.8. The molecule has 2 amide bonds. The molecular formula is C37H58N2O7. The van der Waals surface area contributed by atoms with Crippen molar-refractivity contribution in [3.8, 4) is 0 Å². The Morgan fingerprint density at radius 3 is 1.89 bits per heavy atom. The summed E-state index contributed by atoms with van der Waals surface area (Å²) in [7, 11) is 0. The van der Waals surface area contributed by atoms with Crippen molar-refractivity contribution in [1.29, 1.82) is 0 Å². The lowest BCUT2D eigenvalue weighted by Crippen LogP contribution is -2.47. The number of carboxylic acid groups (broad SMARTS) is 1. The molecule has 9 nitrogen and oxygen atoms in total. The smallest absolute Gasteiger partial charge is 0.328 e. The number of ether oxygens (including phenoxy) is 1. The van der Waals surface area contributed by atoms with Crippen molar-refractivity contribution < 1.29 is 34.1 Å². The first kappa shape index (κ1) is 42.3. The Balaban J connectivity index is 4.41. The monoisotopic (exact) mass is 642 g/mol. The Hall–Kier alpha value is -3.72. The van der Waals surface area contributed by atoms with E-state index in [1.54, 1.807) is 0 Å². The summed E-state index contributed by atoms with van der Waals surface area (Å²) in [5, 5.41) is 22.4. The molecule has 2 unspecified atom stereocenters. The van der Waals surface area contributed by atoms with E-state index in [0.717, 1.165) is 64.2 Å². The first-order chi connectivity index (χ1) is 22.3. The second-order valence-electron chi connectivity index (χ2n) is 10.9. The molecule has 0 saturated carbocycles. The standard InChI is InChI=1S/C37H58N2O7/c1-3-5-7-9-11-12-13-14-15-16-17-19-25-29-36(43)46-32(26-22-18-10-8-6-4-2)27-23-20-21-24-28-34(41)38-30-35(42)39-33(31-40)37(44)45/h5,7-8,10-12,14-15,17,19,22,26,32-33,40H,3-4,6,9,13,16,18,20-21,23-25,27-31H2,1-2H3,(H,38,41)(H,39,42)(H,44,45)/b7-5-,10-8-,12-11-,15-14-,19-17-,26-22-. The highest BCUT2D eigenvalue weighted by molar-refractivity contribution is 5.87. The van der Waals surface area contributed by atoms with E-state index < -0.39 is 24.5 Å². The number of rotatable bonds is 28. The number of aliphatic carboxylic acids is 1. The minimum atomic E-state index is -1.40. The predicted octanol–water partition coefficient (Wildman–Crippen LogP) is 6.80. The summed E-state index contributed by atoms with van der Waals surface area (Å²) >= 11 is 0. The Morgan fingerprint density at radius 2 is 1.28 bits per heavy atom. The number of unbranched alkanes of at least 4 members (excludes halogenated alkanes) is 4. The van der Waals surface area contributed by atoms with Gasteiger partial charge in [0.1, 0.15) is 12.1 Å². The molecule has 0 radical (unpaired) electrons. The van der Waals surface area contributed by atoms with E-state index in [-0.39, 0.29) is 30.9 Å². The van der Waals surface area contributed by atoms with Crippen molar-refractivity contribution in [2.75, 3.05) is 13.2 Å². The highest BCUT2D eigenvalue weighted by Crippen LogP contribution is 2.13. The molecule has 0 rings (SSSR count). The van der Waals surface area contributed by atoms with Gasteiger partial charge >= 0.3 is 11.9 Å². The number of carbonyl (C=O) groups excluding carboxylic acids is 3. The van der Waals surface area contributed by atoms with Crippen LogP contribution in [-0.2, 0) is 23.9 Å². The van der Waals surface area contributed by atoms with E-state index in [9.17, 15) is 19.2 Å². The molecule has 0 aliphatic carbocycles. The fourth-order valence-electron chi connectivity index (χ4n) is 4.09. The van der Waals surface area contributed by atoms with Gasteiger partial charge in [-0.05, 0) is 70.3 Å². The zero-order valence-electron chi connectivity index (χ0n) is 28.0. The third-order valence-corrected chi connectivity index (χ3v) is 6.67. The maximum Gasteiger partial charge on any atom is 0.328 e. The Bertz CT molecular complexity index is 1010. The molecule has 0 saturated heterocycles. The Kier molecular flexibility index (Phi) is 28.7. The number of esters is 1. The lowest BCUT2D eigenvalue weighted by atomic mass is 10.1. The number of aliphatic hydroxyl groups excluding tert-OH is 1. The number of carboxylic acids is 1. The van der Waals surface area contributed by atoms with E-state index in [4.69, 9.17) is 14.9 Å². The minimum Gasteiger partial charge on any atom is -0.480 e. The molecule has 258 valence electrons. The lowest BCUT2D eigenvalue weighted by Gasteiger charge is -2.14. The number of allylic oxidation sites excluding steroid dienone is 11. The van der Waals surface area contributed by atoms with Crippen LogP contribution in [0.5, 0.6) is 0 Å². The average Bonchev–Trinajstić information content (AvgIpc) is 3.03. The summed E-state index contributed by atoms with van der Waals surface area (Å²) in [6.45, 7) is 3.19. The van der Waals surface area contributed by atoms with E-state index in [0.29, 0.717) is 25.7 Å². The third-order valence-electron chi connectivity index (χ3n) is 6.67. The van der Waals surface area contributed by atoms with E-state index >= 15 is 0 Å². The number of hydrogen-bond acceptors (Lipinski definition) is 6. The van der Waals surface area contributed by atoms with Crippen molar-refractivity contribution in [2.45, 2.75) is 122 Å². The van der Waals surface area contributed by atoms with Crippen molar-refractivity contribution in [2.24, 2.45) is 0 Å². The van der Waals surface area contributed by atoms with Crippen LogP contribution in [0.3, 0.4) is 0 Å². The van der Waals surface area contributed by atoms with Gasteiger partial charge in [0.25, 0.3) is 0 Å². The van der Waals surface area contributed by atoms with E-state index in [2.05, 4.69) is 79.2 Å². The molecular weight excluding hydrogens is 584 g/mol. The van der Waals surface area contributed by atoms with Crippen LogP contribution in [0.4, 0.5) is 0 Å². The molecule has 0 spiro atoms. The molecule has 4 N–H and O–H groups in total. The van der Waals surface area contributed by atoms with Crippen LogP contribution in [0.15, 0.2) is 72.9 Å². The summed E-state index contributed by atoms with van der Waals surface area (Å²) < 4.78 is 5.77. The first-order valence-corrected chi connectivity index (χ1v) is 16.8. The van der Waals surface area contributed by atoms with E-state index in [1.165, 1.54) is 0 Å². The molecule has 0 heterocycles. The maximum atomic E-state index is 12.5. The van der Waals surface area contributed by atoms with Crippen LogP contribution in [0, 0.1) is 0 Å². The van der Waals surface area contributed by atoms with Crippen molar-refractivity contribution in [3.05, 3.63) is 72.9 Å². The van der Waals surface area contributed by atoms with Gasteiger partial charge in [-0.1, -0.05) is 99.9 Å². The van der Waals surface area contributed by atoms with Crippen LogP contribution < -0.4 is 10.6 Å². The van der Waals surface area contributed by atoms with Crippen molar-refractivity contribution >= 4 is 23.8 Å².